The lowest BCUT2D eigenvalue weighted by molar-refractivity contribution is -0.303. The van der Waals surface area contributed by atoms with Gasteiger partial charge in [-0.05, 0) is 38.5 Å². The van der Waals surface area contributed by atoms with Crippen molar-refractivity contribution in [3.05, 3.63) is 12.2 Å². The second-order valence-electron chi connectivity index (χ2n) is 16.5. The van der Waals surface area contributed by atoms with Crippen LogP contribution < -0.4 is 5.32 Å². The van der Waals surface area contributed by atoms with Crippen LogP contribution in [0, 0.1) is 0 Å². The van der Waals surface area contributed by atoms with Crippen molar-refractivity contribution in [3.63, 3.8) is 0 Å². The molecule has 0 aromatic carbocycles. The molecule has 0 aromatic heterocycles. The first-order valence-electron chi connectivity index (χ1n) is 23.1. The molecule has 1 heterocycles. The number of aliphatic hydroxyl groups excluding tert-OH is 7. The summed E-state index contributed by atoms with van der Waals surface area (Å²) in [6, 6.07) is -1.18. The van der Waals surface area contributed by atoms with Gasteiger partial charge in [-0.15, -0.1) is 0 Å². The number of aliphatic hydroxyl groups is 7. The Labute approximate surface area is 341 Å². The Morgan fingerprint density at radius 3 is 1.54 bits per heavy atom. The molecule has 8 N–H and O–H groups in total. The molecule has 11 heteroatoms. The molecule has 0 radical (unpaired) electrons. The molecule has 0 aliphatic carbocycles. The van der Waals surface area contributed by atoms with Crippen molar-refractivity contribution in [3.8, 4) is 0 Å². The van der Waals surface area contributed by atoms with E-state index in [9.17, 15) is 40.5 Å². The minimum atomic E-state index is -1.66. The van der Waals surface area contributed by atoms with Gasteiger partial charge in [-0.3, -0.25) is 4.79 Å². The molecule has 1 fully saturated rings. The smallest absolute Gasteiger partial charge is 0.249 e. The van der Waals surface area contributed by atoms with Crippen LogP contribution in [0.5, 0.6) is 0 Å². The summed E-state index contributed by atoms with van der Waals surface area (Å²) in [6.07, 6.45) is 25.8. The molecular weight excluding hydrogens is 714 g/mol. The summed E-state index contributed by atoms with van der Waals surface area (Å²) in [5, 5.41) is 75.4. The number of allylic oxidation sites excluding steroid dienone is 2. The van der Waals surface area contributed by atoms with Gasteiger partial charge < -0.3 is 50.5 Å². The van der Waals surface area contributed by atoms with Crippen molar-refractivity contribution in [1.29, 1.82) is 0 Å². The first-order valence-corrected chi connectivity index (χ1v) is 23.1. The lowest BCUT2D eigenvalue weighted by atomic mass is 9.98. The van der Waals surface area contributed by atoms with E-state index in [4.69, 9.17) is 9.47 Å². The fraction of sp³-hybridized carbons (Fsp3) is 0.933. The number of carbonyl (C=O) groups excluding carboxylic acids is 1. The van der Waals surface area contributed by atoms with Crippen LogP contribution in [0.4, 0.5) is 0 Å². The first-order chi connectivity index (χ1) is 27.2. The first kappa shape index (κ1) is 52.9. The lowest BCUT2D eigenvalue weighted by Crippen LogP contribution is -2.60. The average molecular weight is 802 g/mol. The SMILES string of the molecule is CCCCCCCCCCCCCCCCCC/C=C/CCCC(O)C(O)C(COC1OC(CO)C(O)C(O)C1O)NC(=O)C(O)CCCCCCCCCC. The summed E-state index contributed by atoms with van der Waals surface area (Å²) < 4.78 is 11.0. The number of hydrogen-bond donors (Lipinski definition) is 8. The number of unbranched alkanes of at least 4 members (excludes halogenated alkanes) is 24. The molecule has 0 spiro atoms. The Bertz CT molecular complexity index is 923. The van der Waals surface area contributed by atoms with E-state index in [2.05, 4.69) is 31.3 Å². The van der Waals surface area contributed by atoms with Crippen molar-refractivity contribution in [2.45, 2.75) is 255 Å². The molecule has 332 valence electrons. The molecule has 0 saturated carbocycles. The number of amides is 1. The zero-order valence-corrected chi connectivity index (χ0v) is 35.6. The third kappa shape index (κ3) is 25.4. The van der Waals surface area contributed by atoms with E-state index in [0.29, 0.717) is 12.8 Å². The molecule has 1 rings (SSSR count). The molecule has 1 saturated heterocycles. The van der Waals surface area contributed by atoms with Crippen LogP contribution in [0.25, 0.3) is 0 Å². The standard InChI is InChI=1S/C45H87NO10/c1-3-5-7-9-11-13-14-15-16-17-18-19-20-21-22-23-24-25-27-28-30-32-37(48)40(50)36(35-55-45-43(53)42(52)41(51)39(34-47)56-45)46-44(54)38(49)33-31-29-26-12-10-8-6-4-2/h25,27,36-43,45,47-53H,3-24,26,28-35H2,1-2H3,(H,46,54)/b27-25+. The molecule has 9 unspecified atom stereocenters. The molecule has 1 amide bonds. The van der Waals surface area contributed by atoms with Gasteiger partial charge in [0.1, 0.15) is 36.6 Å². The van der Waals surface area contributed by atoms with Gasteiger partial charge in [-0.25, -0.2) is 0 Å². The van der Waals surface area contributed by atoms with Gasteiger partial charge in [0.05, 0.1) is 25.4 Å². The Kier molecular flexibility index (Phi) is 33.8. The van der Waals surface area contributed by atoms with E-state index < -0.39 is 74.2 Å². The molecular formula is C45H87NO10. The topological polar surface area (TPSA) is 189 Å². The zero-order valence-electron chi connectivity index (χ0n) is 35.6. The predicted molar refractivity (Wildman–Crippen MR) is 224 cm³/mol. The quantitative estimate of drug-likeness (QED) is 0.0233. The summed E-state index contributed by atoms with van der Waals surface area (Å²) in [4.78, 5) is 13.0. The molecule has 0 aromatic rings. The van der Waals surface area contributed by atoms with Gasteiger partial charge in [0, 0.05) is 0 Å². The third-order valence-electron chi connectivity index (χ3n) is 11.3. The Morgan fingerprint density at radius 1 is 0.607 bits per heavy atom. The number of hydrogen-bond acceptors (Lipinski definition) is 10. The van der Waals surface area contributed by atoms with Gasteiger partial charge in [0.15, 0.2) is 6.29 Å². The monoisotopic (exact) mass is 802 g/mol. The fourth-order valence-electron chi connectivity index (χ4n) is 7.44. The van der Waals surface area contributed by atoms with Crippen LogP contribution in [0.2, 0.25) is 0 Å². The van der Waals surface area contributed by atoms with Crippen molar-refractivity contribution < 1.29 is 50.0 Å². The van der Waals surface area contributed by atoms with E-state index >= 15 is 0 Å². The van der Waals surface area contributed by atoms with Crippen LogP contribution in [0.1, 0.15) is 200 Å². The van der Waals surface area contributed by atoms with E-state index in [1.54, 1.807) is 0 Å². The maximum atomic E-state index is 13.0. The Balaban J connectivity index is 2.40. The molecule has 11 nitrogen and oxygen atoms in total. The minimum absolute atomic E-state index is 0.255. The highest BCUT2D eigenvalue weighted by molar-refractivity contribution is 5.80. The van der Waals surface area contributed by atoms with E-state index in [1.807, 2.05) is 0 Å². The number of carbonyl (C=O) groups is 1. The fourth-order valence-corrected chi connectivity index (χ4v) is 7.44. The van der Waals surface area contributed by atoms with Crippen LogP contribution in [0.3, 0.4) is 0 Å². The number of rotatable bonds is 38. The van der Waals surface area contributed by atoms with Crippen molar-refractivity contribution >= 4 is 5.91 Å². The van der Waals surface area contributed by atoms with Crippen LogP contribution in [-0.2, 0) is 14.3 Å². The molecule has 9 atom stereocenters. The predicted octanol–water partition coefficient (Wildman–Crippen LogP) is 7.28. The second kappa shape index (κ2) is 35.8. The van der Waals surface area contributed by atoms with E-state index in [-0.39, 0.29) is 12.8 Å². The minimum Gasteiger partial charge on any atom is -0.394 e. The van der Waals surface area contributed by atoms with E-state index in [0.717, 1.165) is 38.5 Å². The van der Waals surface area contributed by atoms with Gasteiger partial charge in [0.25, 0.3) is 0 Å². The van der Waals surface area contributed by atoms with Crippen LogP contribution in [-0.4, -0.2) is 110 Å². The van der Waals surface area contributed by atoms with Gasteiger partial charge >= 0.3 is 0 Å². The highest BCUT2D eigenvalue weighted by atomic mass is 16.7. The summed E-state index contributed by atoms with van der Waals surface area (Å²) >= 11 is 0. The summed E-state index contributed by atoms with van der Waals surface area (Å²) in [7, 11) is 0. The summed E-state index contributed by atoms with van der Waals surface area (Å²) in [6.45, 7) is 3.38. The Morgan fingerprint density at radius 2 is 1.05 bits per heavy atom. The normalized spacial score (nSPS) is 22.3. The van der Waals surface area contributed by atoms with Crippen molar-refractivity contribution in [1.82, 2.24) is 5.32 Å². The number of nitrogens with one attached hydrogen (secondary N) is 1. The van der Waals surface area contributed by atoms with Gasteiger partial charge in [0.2, 0.25) is 5.91 Å². The summed E-state index contributed by atoms with van der Waals surface area (Å²) in [5.41, 5.74) is 0. The molecule has 56 heavy (non-hydrogen) atoms. The molecule has 1 aliphatic heterocycles. The zero-order chi connectivity index (χ0) is 41.2. The number of ether oxygens (including phenoxy) is 2. The molecule has 1 aliphatic rings. The van der Waals surface area contributed by atoms with Crippen molar-refractivity contribution in [2.24, 2.45) is 0 Å². The van der Waals surface area contributed by atoms with E-state index in [1.165, 1.54) is 122 Å². The second-order valence-corrected chi connectivity index (χ2v) is 16.5. The highest BCUT2D eigenvalue weighted by Crippen LogP contribution is 2.23. The van der Waals surface area contributed by atoms with Gasteiger partial charge in [-0.2, -0.15) is 0 Å². The van der Waals surface area contributed by atoms with Crippen molar-refractivity contribution in [2.75, 3.05) is 13.2 Å². The van der Waals surface area contributed by atoms with Crippen LogP contribution in [0.15, 0.2) is 12.2 Å². The Hall–Kier alpha value is -1.15. The summed E-state index contributed by atoms with van der Waals surface area (Å²) in [5.74, 6) is -0.710. The third-order valence-corrected chi connectivity index (χ3v) is 11.3. The lowest BCUT2D eigenvalue weighted by Gasteiger charge is -2.40. The molecule has 0 bridgehead atoms. The van der Waals surface area contributed by atoms with Crippen LogP contribution >= 0.6 is 0 Å². The highest BCUT2D eigenvalue weighted by Gasteiger charge is 2.44. The maximum absolute atomic E-state index is 13.0. The average Bonchev–Trinajstić information content (AvgIpc) is 3.20. The van der Waals surface area contributed by atoms with Gasteiger partial charge in [-0.1, -0.05) is 174 Å². The maximum Gasteiger partial charge on any atom is 0.249 e. The largest absolute Gasteiger partial charge is 0.394 e.